The summed E-state index contributed by atoms with van der Waals surface area (Å²) in [5.41, 5.74) is 1.68. The number of fused-ring (bicyclic) bond motifs is 2. The molecule has 1 fully saturated rings. The molecule has 3 heterocycles. The number of ketones is 1. The lowest BCUT2D eigenvalue weighted by molar-refractivity contribution is -0.149. The Morgan fingerprint density at radius 3 is 2.76 bits per heavy atom. The van der Waals surface area contributed by atoms with E-state index in [9.17, 15) is 19.8 Å². The molecule has 4 rings (SSSR count). The highest BCUT2D eigenvalue weighted by Gasteiger charge is 2.53. The number of esters is 1. The van der Waals surface area contributed by atoms with E-state index in [0.29, 0.717) is 12.8 Å². The number of hydrogen-bond donors (Lipinski definition) is 2. The maximum Gasteiger partial charge on any atom is 0.309 e. The molecular formula is C25H33IN2O6. The van der Waals surface area contributed by atoms with E-state index < -0.39 is 30.2 Å². The number of aryl methyl sites for hydroxylation is 1. The van der Waals surface area contributed by atoms with Gasteiger partial charge in [-0.3, -0.25) is 9.59 Å². The lowest BCUT2D eigenvalue weighted by Gasteiger charge is -2.32. The Balaban J connectivity index is 1.61. The van der Waals surface area contributed by atoms with Gasteiger partial charge in [-0.2, -0.15) is 0 Å². The molecule has 0 radical (unpaired) electrons. The van der Waals surface area contributed by atoms with E-state index >= 15 is 0 Å². The van der Waals surface area contributed by atoms with Gasteiger partial charge in [0.15, 0.2) is 5.78 Å². The summed E-state index contributed by atoms with van der Waals surface area (Å²) >= 11 is 2.17. The number of epoxide rings is 1. The number of halogens is 1. The van der Waals surface area contributed by atoms with Gasteiger partial charge < -0.3 is 24.3 Å². The highest BCUT2D eigenvalue weighted by Crippen LogP contribution is 2.45. The molecule has 34 heavy (non-hydrogen) atoms. The standard InChI is InChI=1S/C25H33IN2O6/c1-13(8-17-24(26)27-12-28(17)4)19-11-20-25(3,34-20)7-5-6-15-9-16(18(29)10-21(30)33-19)23(32)14(2)22(15)31/h8-9,12,14-15,18-20,22,29,31H,5-7,10-11H2,1-4H3/b13-8+/t14-,15-,18+,19+,20+,22-,25-/m1/s1. The minimum atomic E-state index is -1.26. The van der Waals surface area contributed by atoms with Crippen molar-refractivity contribution >= 4 is 40.4 Å². The Morgan fingerprint density at radius 2 is 2.09 bits per heavy atom. The number of aliphatic hydroxyl groups excluding tert-OH is 2. The van der Waals surface area contributed by atoms with E-state index in [0.717, 1.165) is 27.8 Å². The van der Waals surface area contributed by atoms with Crippen LogP contribution in [0.4, 0.5) is 0 Å². The predicted molar refractivity (Wildman–Crippen MR) is 134 cm³/mol. The summed E-state index contributed by atoms with van der Waals surface area (Å²) in [5, 5.41) is 21.4. The summed E-state index contributed by atoms with van der Waals surface area (Å²) in [7, 11) is 1.91. The zero-order valence-electron chi connectivity index (χ0n) is 20.0. The molecule has 2 aliphatic heterocycles. The quantitative estimate of drug-likeness (QED) is 0.312. The van der Waals surface area contributed by atoms with Crippen LogP contribution in [0.2, 0.25) is 0 Å². The van der Waals surface area contributed by atoms with Gasteiger partial charge in [-0.05, 0) is 67.3 Å². The first-order chi connectivity index (χ1) is 16.0. The van der Waals surface area contributed by atoms with Crippen LogP contribution in [0.1, 0.15) is 58.6 Å². The summed E-state index contributed by atoms with van der Waals surface area (Å²) in [4.78, 5) is 29.9. The molecule has 7 atom stereocenters. The normalized spacial score (nSPS) is 37.4. The van der Waals surface area contributed by atoms with Crippen molar-refractivity contribution in [3.05, 3.63) is 32.9 Å². The van der Waals surface area contributed by atoms with Crippen LogP contribution in [0.5, 0.6) is 0 Å². The fraction of sp³-hybridized carbons (Fsp3) is 0.640. The summed E-state index contributed by atoms with van der Waals surface area (Å²) in [6.45, 7) is 5.66. The number of aliphatic hydroxyl groups is 2. The minimum Gasteiger partial charge on any atom is -0.458 e. The maximum absolute atomic E-state index is 12.9. The number of ether oxygens (including phenoxy) is 2. The van der Waals surface area contributed by atoms with Crippen molar-refractivity contribution in [1.82, 2.24) is 9.55 Å². The first-order valence-corrected chi connectivity index (χ1v) is 12.9. The fourth-order valence-corrected chi connectivity index (χ4v) is 5.76. The van der Waals surface area contributed by atoms with Gasteiger partial charge in [0.25, 0.3) is 0 Å². The van der Waals surface area contributed by atoms with Crippen LogP contribution in [0.3, 0.4) is 0 Å². The number of rotatable bonds is 2. The number of hydrogen-bond acceptors (Lipinski definition) is 7. The van der Waals surface area contributed by atoms with E-state index in [-0.39, 0.29) is 35.4 Å². The molecule has 0 unspecified atom stereocenters. The van der Waals surface area contributed by atoms with Gasteiger partial charge in [-0.15, -0.1) is 0 Å². The summed E-state index contributed by atoms with van der Waals surface area (Å²) < 4.78 is 14.7. The van der Waals surface area contributed by atoms with Gasteiger partial charge in [0, 0.05) is 30.9 Å². The molecule has 3 aliphatic rings. The van der Waals surface area contributed by atoms with E-state index in [1.165, 1.54) is 0 Å². The van der Waals surface area contributed by atoms with Crippen LogP contribution in [0.25, 0.3) is 6.08 Å². The van der Waals surface area contributed by atoms with Crippen molar-refractivity contribution in [1.29, 1.82) is 0 Å². The first-order valence-electron chi connectivity index (χ1n) is 11.8. The average molecular weight is 584 g/mol. The number of imidazole rings is 1. The molecule has 0 aromatic carbocycles. The fourth-order valence-electron chi connectivity index (χ4n) is 5.10. The molecule has 1 saturated heterocycles. The lowest BCUT2D eigenvalue weighted by Crippen LogP contribution is -2.40. The van der Waals surface area contributed by atoms with E-state index in [1.807, 2.05) is 24.6 Å². The van der Waals surface area contributed by atoms with Crippen LogP contribution in [-0.4, -0.2) is 61.5 Å². The van der Waals surface area contributed by atoms with Crippen molar-refractivity contribution < 1.29 is 29.3 Å². The highest BCUT2D eigenvalue weighted by molar-refractivity contribution is 14.1. The maximum atomic E-state index is 12.9. The SMILES string of the molecule is C/C(=C\c1c(I)ncn1C)[C@@H]1C[C@@H]2O[C@]2(C)CCC[C@@H]2C=C(C(=O)[C@H](C)[C@H]2O)[C@@H](O)CC(=O)O1. The summed E-state index contributed by atoms with van der Waals surface area (Å²) in [6, 6.07) is 0. The predicted octanol–water partition coefficient (Wildman–Crippen LogP) is 2.94. The Morgan fingerprint density at radius 1 is 1.35 bits per heavy atom. The molecule has 1 aliphatic carbocycles. The second kappa shape index (κ2) is 9.83. The van der Waals surface area contributed by atoms with Crippen molar-refractivity contribution in [2.24, 2.45) is 18.9 Å². The lowest BCUT2D eigenvalue weighted by atomic mass is 9.75. The van der Waals surface area contributed by atoms with Gasteiger partial charge in [0.1, 0.15) is 9.80 Å². The number of carbonyl (C=O) groups is 2. The third-order valence-electron chi connectivity index (χ3n) is 7.52. The van der Waals surface area contributed by atoms with E-state index in [4.69, 9.17) is 9.47 Å². The number of cyclic esters (lactones) is 1. The largest absolute Gasteiger partial charge is 0.458 e. The smallest absolute Gasteiger partial charge is 0.309 e. The van der Waals surface area contributed by atoms with Crippen molar-refractivity contribution in [3.63, 3.8) is 0 Å². The molecule has 0 spiro atoms. The first kappa shape index (κ1) is 25.5. The number of Topliss-reactive ketones (excluding diaryl/α,β-unsaturated/α-hetero) is 1. The minimum absolute atomic E-state index is 0.0463. The van der Waals surface area contributed by atoms with Crippen molar-refractivity contribution in [2.45, 2.75) is 82.9 Å². The molecule has 2 N–H and O–H groups in total. The second-order valence-corrected chi connectivity index (χ2v) is 11.1. The van der Waals surface area contributed by atoms with Gasteiger partial charge in [-0.25, -0.2) is 4.98 Å². The van der Waals surface area contributed by atoms with Gasteiger partial charge in [0.2, 0.25) is 0 Å². The summed E-state index contributed by atoms with van der Waals surface area (Å²) in [5.74, 6) is -1.75. The molecule has 1 aromatic heterocycles. The van der Waals surface area contributed by atoms with Crippen LogP contribution in [0.15, 0.2) is 23.5 Å². The monoisotopic (exact) mass is 584 g/mol. The third kappa shape index (κ3) is 5.17. The number of carbonyl (C=O) groups excluding carboxylic acids is 2. The Hall–Kier alpha value is -1.56. The summed E-state index contributed by atoms with van der Waals surface area (Å²) in [6.07, 6.45) is 5.25. The van der Waals surface area contributed by atoms with Crippen molar-refractivity contribution in [2.75, 3.05) is 0 Å². The van der Waals surface area contributed by atoms with E-state index in [2.05, 4.69) is 34.5 Å². The Kier molecular flexibility index (Phi) is 7.38. The third-order valence-corrected chi connectivity index (χ3v) is 8.35. The van der Waals surface area contributed by atoms with Crippen LogP contribution >= 0.6 is 22.6 Å². The van der Waals surface area contributed by atoms with Crippen molar-refractivity contribution in [3.8, 4) is 0 Å². The molecule has 9 heteroatoms. The Bertz CT molecular complexity index is 1010. The van der Waals surface area contributed by atoms with Gasteiger partial charge >= 0.3 is 5.97 Å². The molecule has 1 aromatic rings. The van der Waals surface area contributed by atoms with Crippen LogP contribution < -0.4 is 0 Å². The van der Waals surface area contributed by atoms with Gasteiger partial charge in [0.05, 0.1) is 42.4 Å². The topological polar surface area (TPSA) is 114 Å². The Labute approximate surface area is 213 Å². The number of aromatic nitrogens is 2. The number of nitrogens with zero attached hydrogens (tertiary/aromatic N) is 2. The van der Waals surface area contributed by atoms with Crippen LogP contribution in [-0.2, 0) is 26.1 Å². The zero-order chi connectivity index (χ0) is 24.8. The second-order valence-electron chi connectivity index (χ2n) is 10.1. The van der Waals surface area contributed by atoms with E-state index in [1.54, 1.807) is 19.3 Å². The van der Waals surface area contributed by atoms with Gasteiger partial charge in [-0.1, -0.05) is 13.0 Å². The highest BCUT2D eigenvalue weighted by atomic mass is 127. The average Bonchev–Trinajstić information content (AvgIpc) is 3.31. The molecule has 0 saturated carbocycles. The zero-order valence-corrected chi connectivity index (χ0v) is 22.2. The van der Waals surface area contributed by atoms with Crippen LogP contribution in [0, 0.1) is 15.5 Å². The molecular weight excluding hydrogens is 551 g/mol. The molecule has 0 amide bonds. The molecule has 8 nitrogen and oxygen atoms in total. The molecule has 186 valence electrons. The molecule has 2 bridgehead atoms.